The molecule has 0 aromatic heterocycles. The molecular formula is C12H22N2O3. The molecule has 0 aliphatic heterocycles. The molecule has 0 spiro atoms. The van der Waals surface area contributed by atoms with E-state index in [4.69, 9.17) is 0 Å². The van der Waals surface area contributed by atoms with Crippen LogP contribution in [0.1, 0.15) is 45.4 Å². The average Bonchev–Trinajstić information content (AvgIpc) is 2.32. The van der Waals surface area contributed by atoms with E-state index in [1.165, 1.54) is 7.11 Å². The van der Waals surface area contributed by atoms with Gasteiger partial charge in [-0.3, -0.25) is 4.79 Å². The molecule has 0 saturated heterocycles. The van der Waals surface area contributed by atoms with Gasteiger partial charge in [-0.1, -0.05) is 6.92 Å². The standard InChI is InChI=1S/C12H22N2O3/c1-3-4-11(15)13-9-5-7-10(8-6-9)14-12(16)17-2/h9-10H,3-8H2,1-2H3,(H,13,15)(H,14,16)/t9-,10+. The van der Waals surface area contributed by atoms with Crippen molar-refractivity contribution in [2.45, 2.75) is 57.5 Å². The molecule has 1 fully saturated rings. The quantitative estimate of drug-likeness (QED) is 0.786. The van der Waals surface area contributed by atoms with Crippen LogP contribution in [0, 0.1) is 0 Å². The number of methoxy groups -OCH3 is 1. The third kappa shape index (κ3) is 5.06. The lowest BCUT2D eigenvalue weighted by molar-refractivity contribution is -0.122. The Hall–Kier alpha value is -1.26. The second-order valence-electron chi connectivity index (χ2n) is 4.50. The summed E-state index contributed by atoms with van der Waals surface area (Å²) >= 11 is 0. The van der Waals surface area contributed by atoms with E-state index >= 15 is 0 Å². The molecule has 0 bridgehead atoms. The summed E-state index contributed by atoms with van der Waals surface area (Å²) in [5.41, 5.74) is 0. The van der Waals surface area contributed by atoms with Crippen LogP contribution in [0.2, 0.25) is 0 Å². The minimum Gasteiger partial charge on any atom is -0.453 e. The molecule has 5 nitrogen and oxygen atoms in total. The van der Waals surface area contributed by atoms with Crippen LogP contribution in [-0.4, -0.2) is 31.2 Å². The lowest BCUT2D eigenvalue weighted by Crippen LogP contribution is -2.43. The van der Waals surface area contributed by atoms with E-state index in [-0.39, 0.29) is 24.1 Å². The first kappa shape index (κ1) is 13.8. The van der Waals surface area contributed by atoms with Crippen LogP contribution in [-0.2, 0) is 9.53 Å². The maximum Gasteiger partial charge on any atom is 0.407 e. The lowest BCUT2D eigenvalue weighted by atomic mass is 9.91. The Bertz CT molecular complexity index is 260. The van der Waals surface area contributed by atoms with Gasteiger partial charge in [-0.05, 0) is 32.1 Å². The largest absolute Gasteiger partial charge is 0.453 e. The van der Waals surface area contributed by atoms with E-state index in [1.807, 2.05) is 6.92 Å². The minimum absolute atomic E-state index is 0.136. The predicted molar refractivity (Wildman–Crippen MR) is 64.6 cm³/mol. The van der Waals surface area contributed by atoms with E-state index in [0.717, 1.165) is 32.1 Å². The molecule has 17 heavy (non-hydrogen) atoms. The highest BCUT2D eigenvalue weighted by atomic mass is 16.5. The number of nitrogens with one attached hydrogen (secondary N) is 2. The highest BCUT2D eigenvalue weighted by Gasteiger charge is 2.23. The molecule has 2 amide bonds. The molecule has 1 saturated carbocycles. The monoisotopic (exact) mass is 242 g/mol. The predicted octanol–water partition coefficient (Wildman–Crippen LogP) is 1.57. The Morgan fingerprint density at radius 1 is 1.12 bits per heavy atom. The molecule has 0 unspecified atom stereocenters. The van der Waals surface area contributed by atoms with Crippen LogP contribution in [0.15, 0.2) is 0 Å². The van der Waals surface area contributed by atoms with Crippen molar-refractivity contribution in [3.63, 3.8) is 0 Å². The van der Waals surface area contributed by atoms with E-state index in [2.05, 4.69) is 15.4 Å². The summed E-state index contributed by atoms with van der Waals surface area (Å²) in [6.07, 6.45) is 4.74. The van der Waals surface area contributed by atoms with Crippen molar-refractivity contribution in [1.29, 1.82) is 0 Å². The van der Waals surface area contributed by atoms with E-state index in [1.54, 1.807) is 0 Å². The molecule has 0 heterocycles. The Morgan fingerprint density at radius 3 is 2.12 bits per heavy atom. The van der Waals surface area contributed by atoms with Crippen molar-refractivity contribution in [2.24, 2.45) is 0 Å². The maximum absolute atomic E-state index is 11.4. The van der Waals surface area contributed by atoms with Gasteiger partial charge in [-0.2, -0.15) is 0 Å². The first-order valence-electron chi connectivity index (χ1n) is 6.29. The van der Waals surface area contributed by atoms with Crippen LogP contribution >= 0.6 is 0 Å². The summed E-state index contributed by atoms with van der Waals surface area (Å²) in [5, 5.41) is 5.82. The Balaban J connectivity index is 2.21. The first-order chi connectivity index (χ1) is 8.15. The summed E-state index contributed by atoms with van der Waals surface area (Å²) in [6, 6.07) is 0.450. The molecule has 1 aliphatic rings. The summed E-state index contributed by atoms with van der Waals surface area (Å²) in [6.45, 7) is 2.00. The van der Waals surface area contributed by atoms with Crippen molar-refractivity contribution in [2.75, 3.05) is 7.11 Å². The van der Waals surface area contributed by atoms with Crippen molar-refractivity contribution in [3.8, 4) is 0 Å². The maximum atomic E-state index is 11.4. The Kier molecular flexibility index (Phi) is 5.80. The zero-order valence-electron chi connectivity index (χ0n) is 10.6. The zero-order chi connectivity index (χ0) is 12.7. The highest BCUT2D eigenvalue weighted by molar-refractivity contribution is 5.76. The topological polar surface area (TPSA) is 67.4 Å². The van der Waals surface area contributed by atoms with Gasteiger partial charge in [0, 0.05) is 18.5 Å². The first-order valence-corrected chi connectivity index (χ1v) is 6.29. The van der Waals surface area contributed by atoms with Crippen LogP contribution < -0.4 is 10.6 Å². The Labute approximate surface area is 102 Å². The summed E-state index contributed by atoms with van der Waals surface area (Å²) < 4.78 is 4.56. The lowest BCUT2D eigenvalue weighted by Gasteiger charge is -2.29. The third-order valence-corrected chi connectivity index (χ3v) is 3.08. The molecular weight excluding hydrogens is 220 g/mol. The smallest absolute Gasteiger partial charge is 0.407 e. The molecule has 0 aromatic carbocycles. The van der Waals surface area contributed by atoms with Crippen molar-refractivity contribution in [3.05, 3.63) is 0 Å². The van der Waals surface area contributed by atoms with E-state index < -0.39 is 0 Å². The molecule has 0 aromatic rings. The highest BCUT2D eigenvalue weighted by Crippen LogP contribution is 2.18. The zero-order valence-corrected chi connectivity index (χ0v) is 10.6. The molecule has 1 rings (SSSR count). The number of alkyl carbamates (subject to hydrolysis) is 1. The van der Waals surface area contributed by atoms with E-state index in [9.17, 15) is 9.59 Å². The van der Waals surface area contributed by atoms with Crippen LogP contribution in [0.4, 0.5) is 4.79 Å². The van der Waals surface area contributed by atoms with Gasteiger partial charge in [0.15, 0.2) is 0 Å². The summed E-state index contributed by atoms with van der Waals surface area (Å²) in [5.74, 6) is 0.136. The normalized spacial score (nSPS) is 23.9. The molecule has 1 aliphatic carbocycles. The molecule has 5 heteroatoms. The average molecular weight is 242 g/mol. The molecule has 98 valence electrons. The summed E-state index contributed by atoms with van der Waals surface area (Å²) in [4.78, 5) is 22.4. The van der Waals surface area contributed by atoms with Gasteiger partial charge < -0.3 is 15.4 Å². The minimum atomic E-state index is -0.372. The fraction of sp³-hybridized carbons (Fsp3) is 0.833. The second kappa shape index (κ2) is 7.14. The van der Waals surface area contributed by atoms with Gasteiger partial charge in [-0.25, -0.2) is 4.79 Å². The van der Waals surface area contributed by atoms with E-state index in [0.29, 0.717) is 6.42 Å². The van der Waals surface area contributed by atoms with Crippen molar-refractivity contribution < 1.29 is 14.3 Å². The number of ether oxygens (including phenoxy) is 1. The SMILES string of the molecule is CCCC(=O)N[C@H]1CC[C@@H](NC(=O)OC)CC1. The second-order valence-corrected chi connectivity index (χ2v) is 4.50. The van der Waals surface area contributed by atoms with Gasteiger partial charge >= 0.3 is 6.09 Å². The number of carbonyl (C=O) groups is 2. The molecule has 2 N–H and O–H groups in total. The van der Waals surface area contributed by atoms with Gasteiger partial charge in [0.05, 0.1) is 7.11 Å². The van der Waals surface area contributed by atoms with Crippen LogP contribution in [0.5, 0.6) is 0 Å². The number of hydrogen-bond acceptors (Lipinski definition) is 3. The number of amides is 2. The van der Waals surface area contributed by atoms with Crippen molar-refractivity contribution in [1.82, 2.24) is 10.6 Å². The number of carbonyl (C=O) groups excluding carboxylic acids is 2. The van der Waals surface area contributed by atoms with Gasteiger partial charge in [0.2, 0.25) is 5.91 Å². The van der Waals surface area contributed by atoms with Crippen LogP contribution in [0.25, 0.3) is 0 Å². The fourth-order valence-electron chi connectivity index (χ4n) is 2.13. The van der Waals surface area contributed by atoms with Gasteiger partial charge in [0.25, 0.3) is 0 Å². The number of rotatable bonds is 4. The summed E-state index contributed by atoms with van der Waals surface area (Å²) in [7, 11) is 1.37. The van der Waals surface area contributed by atoms with Crippen molar-refractivity contribution >= 4 is 12.0 Å². The number of hydrogen-bond donors (Lipinski definition) is 2. The van der Waals surface area contributed by atoms with Crippen LogP contribution in [0.3, 0.4) is 0 Å². The van der Waals surface area contributed by atoms with Gasteiger partial charge in [-0.15, -0.1) is 0 Å². The fourth-order valence-corrected chi connectivity index (χ4v) is 2.13. The molecule has 0 radical (unpaired) electrons. The third-order valence-electron chi connectivity index (χ3n) is 3.08. The Morgan fingerprint density at radius 2 is 1.65 bits per heavy atom. The van der Waals surface area contributed by atoms with Gasteiger partial charge in [0.1, 0.15) is 0 Å². The molecule has 0 atom stereocenters.